The molecule has 0 fully saturated rings. The highest BCUT2D eigenvalue weighted by atomic mass is 16.2. The van der Waals surface area contributed by atoms with Crippen LogP contribution in [0.5, 0.6) is 0 Å². The Morgan fingerprint density at radius 1 is 1.25 bits per heavy atom. The lowest BCUT2D eigenvalue weighted by Crippen LogP contribution is -2.41. The standard InChI is InChI=1S/C15H23N3O2/c1-4-15(5-2,9-16)14(20)18-12-8-11(13(17)19)7-6-10(12)3/h6-8H,4-5,9,16H2,1-3H3,(H2,17,19)(H,18,20). The summed E-state index contributed by atoms with van der Waals surface area (Å²) in [6, 6.07) is 5.00. The van der Waals surface area contributed by atoms with Crippen LogP contribution in [-0.4, -0.2) is 18.4 Å². The first-order valence-corrected chi connectivity index (χ1v) is 6.82. The van der Waals surface area contributed by atoms with E-state index < -0.39 is 11.3 Å². The van der Waals surface area contributed by atoms with Gasteiger partial charge in [0.05, 0.1) is 5.41 Å². The highest BCUT2D eigenvalue weighted by Gasteiger charge is 2.33. The van der Waals surface area contributed by atoms with E-state index in [4.69, 9.17) is 11.5 Å². The fourth-order valence-corrected chi connectivity index (χ4v) is 2.12. The van der Waals surface area contributed by atoms with Gasteiger partial charge in [0.25, 0.3) is 0 Å². The van der Waals surface area contributed by atoms with Crippen LogP contribution in [0.2, 0.25) is 0 Å². The molecule has 110 valence electrons. The number of nitrogens with two attached hydrogens (primary N) is 2. The molecule has 0 saturated heterocycles. The lowest BCUT2D eigenvalue weighted by atomic mass is 9.81. The summed E-state index contributed by atoms with van der Waals surface area (Å²) in [7, 11) is 0. The van der Waals surface area contributed by atoms with E-state index in [-0.39, 0.29) is 5.91 Å². The maximum Gasteiger partial charge on any atom is 0.248 e. The van der Waals surface area contributed by atoms with Crippen LogP contribution in [0, 0.1) is 12.3 Å². The first-order valence-electron chi connectivity index (χ1n) is 6.82. The third-order valence-corrected chi connectivity index (χ3v) is 4.00. The smallest absolute Gasteiger partial charge is 0.248 e. The van der Waals surface area contributed by atoms with Gasteiger partial charge in [-0.2, -0.15) is 0 Å². The number of primary amides is 1. The number of nitrogens with one attached hydrogen (secondary N) is 1. The van der Waals surface area contributed by atoms with Gasteiger partial charge in [0.15, 0.2) is 0 Å². The molecule has 0 unspecified atom stereocenters. The Kier molecular flexibility index (Phi) is 5.27. The van der Waals surface area contributed by atoms with E-state index >= 15 is 0 Å². The predicted molar refractivity (Wildman–Crippen MR) is 80.4 cm³/mol. The summed E-state index contributed by atoms with van der Waals surface area (Å²) in [6.45, 7) is 6.05. The van der Waals surface area contributed by atoms with Crippen molar-refractivity contribution in [2.45, 2.75) is 33.6 Å². The summed E-state index contributed by atoms with van der Waals surface area (Å²) in [6.07, 6.45) is 1.33. The molecule has 0 atom stereocenters. The van der Waals surface area contributed by atoms with E-state index in [1.165, 1.54) is 0 Å². The lowest BCUT2D eigenvalue weighted by Gasteiger charge is -2.29. The van der Waals surface area contributed by atoms with Crippen LogP contribution in [-0.2, 0) is 4.79 Å². The lowest BCUT2D eigenvalue weighted by molar-refractivity contribution is -0.125. The highest BCUT2D eigenvalue weighted by molar-refractivity contribution is 5.99. The molecule has 5 heteroatoms. The van der Waals surface area contributed by atoms with E-state index in [2.05, 4.69) is 5.32 Å². The Balaban J connectivity index is 3.06. The average Bonchev–Trinajstić information content (AvgIpc) is 2.43. The summed E-state index contributed by atoms with van der Waals surface area (Å²) in [5, 5.41) is 2.87. The summed E-state index contributed by atoms with van der Waals surface area (Å²) in [5.74, 6) is -0.633. The Hall–Kier alpha value is -1.88. The third-order valence-electron chi connectivity index (χ3n) is 4.00. The minimum Gasteiger partial charge on any atom is -0.366 e. The summed E-state index contributed by atoms with van der Waals surface area (Å²) in [5.41, 5.74) is 12.3. The highest BCUT2D eigenvalue weighted by Crippen LogP contribution is 2.28. The van der Waals surface area contributed by atoms with Gasteiger partial charge in [-0.15, -0.1) is 0 Å². The van der Waals surface area contributed by atoms with E-state index in [0.29, 0.717) is 30.6 Å². The van der Waals surface area contributed by atoms with Crippen molar-refractivity contribution in [3.63, 3.8) is 0 Å². The fourth-order valence-electron chi connectivity index (χ4n) is 2.12. The molecule has 0 aromatic heterocycles. The summed E-state index contributed by atoms with van der Waals surface area (Å²) < 4.78 is 0. The predicted octanol–water partition coefficient (Wildman–Crippen LogP) is 1.80. The van der Waals surface area contributed by atoms with Crippen molar-refractivity contribution >= 4 is 17.5 Å². The zero-order chi connectivity index (χ0) is 15.3. The molecule has 2 amide bonds. The molecular formula is C15H23N3O2. The normalized spacial score (nSPS) is 11.2. The monoisotopic (exact) mass is 277 g/mol. The SMILES string of the molecule is CCC(CC)(CN)C(=O)Nc1cc(C(N)=O)ccc1C. The van der Waals surface area contributed by atoms with Crippen molar-refractivity contribution in [2.75, 3.05) is 11.9 Å². The van der Waals surface area contributed by atoms with Crippen LogP contribution in [0.4, 0.5) is 5.69 Å². The van der Waals surface area contributed by atoms with Crippen LogP contribution in [0.1, 0.15) is 42.6 Å². The molecule has 0 aliphatic carbocycles. The molecule has 0 saturated carbocycles. The van der Waals surface area contributed by atoms with E-state index in [1.807, 2.05) is 20.8 Å². The molecule has 0 heterocycles. The van der Waals surface area contributed by atoms with E-state index in [0.717, 1.165) is 5.56 Å². The van der Waals surface area contributed by atoms with Gasteiger partial charge < -0.3 is 16.8 Å². The molecule has 20 heavy (non-hydrogen) atoms. The second-order valence-electron chi connectivity index (χ2n) is 5.04. The topological polar surface area (TPSA) is 98.2 Å². The van der Waals surface area contributed by atoms with Gasteiger partial charge in [-0.25, -0.2) is 0 Å². The maximum absolute atomic E-state index is 12.5. The molecule has 1 aromatic carbocycles. The Labute approximate surface area is 119 Å². The summed E-state index contributed by atoms with van der Waals surface area (Å²) >= 11 is 0. The number of carbonyl (C=O) groups excluding carboxylic acids is 2. The van der Waals surface area contributed by atoms with Crippen LogP contribution < -0.4 is 16.8 Å². The number of carbonyl (C=O) groups is 2. The van der Waals surface area contributed by atoms with E-state index in [1.54, 1.807) is 18.2 Å². The van der Waals surface area contributed by atoms with Gasteiger partial charge in [0.2, 0.25) is 11.8 Å². The average molecular weight is 277 g/mol. The second-order valence-corrected chi connectivity index (χ2v) is 5.04. The van der Waals surface area contributed by atoms with Gasteiger partial charge >= 0.3 is 0 Å². The first kappa shape index (κ1) is 16.2. The Bertz CT molecular complexity index is 500. The fraction of sp³-hybridized carbons (Fsp3) is 0.467. The van der Waals surface area contributed by atoms with Gasteiger partial charge in [-0.3, -0.25) is 9.59 Å². The van der Waals surface area contributed by atoms with E-state index in [9.17, 15) is 9.59 Å². The quantitative estimate of drug-likeness (QED) is 0.739. The number of hydrogen-bond donors (Lipinski definition) is 3. The molecule has 1 rings (SSSR count). The molecule has 0 radical (unpaired) electrons. The molecule has 0 bridgehead atoms. The number of amides is 2. The molecule has 0 aliphatic rings. The largest absolute Gasteiger partial charge is 0.366 e. The van der Waals surface area contributed by atoms with Crippen molar-refractivity contribution in [2.24, 2.45) is 16.9 Å². The first-order chi connectivity index (χ1) is 9.40. The number of aryl methyl sites for hydroxylation is 1. The third kappa shape index (κ3) is 3.17. The second kappa shape index (κ2) is 6.52. The van der Waals surface area contributed by atoms with Crippen molar-refractivity contribution in [3.05, 3.63) is 29.3 Å². The van der Waals surface area contributed by atoms with Crippen LogP contribution in [0.15, 0.2) is 18.2 Å². The molecule has 0 spiro atoms. The van der Waals surface area contributed by atoms with Crippen molar-refractivity contribution in [3.8, 4) is 0 Å². The van der Waals surface area contributed by atoms with Gasteiger partial charge in [-0.05, 0) is 37.5 Å². The zero-order valence-corrected chi connectivity index (χ0v) is 12.3. The number of rotatable bonds is 6. The van der Waals surface area contributed by atoms with Gasteiger partial charge in [0, 0.05) is 17.8 Å². The number of anilines is 1. The van der Waals surface area contributed by atoms with Crippen molar-refractivity contribution in [1.82, 2.24) is 0 Å². The maximum atomic E-state index is 12.5. The van der Waals surface area contributed by atoms with Crippen LogP contribution in [0.3, 0.4) is 0 Å². The zero-order valence-electron chi connectivity index (χ0n) is 12.3. The molecular weight excluding hydrogens is 254 g/mol. The van der Waals surface area contributed by atoms with Crippen molar-refractivity contribution < 1.29 is 9.59 Å². The van der Waals surface area contributed by atoms with Gasteiger partial charge in [-0.1, -0.05) is 19.9 Å². The van der Waals surface area contributed by atoms with Crippen LogP contribution >= 0.6 is 0 Å². The molecule has 1 aromatic rings. The van der Waals surface area contributed by atoms with Crippen LogP contribution in [0.25, 0.3) is 0 Å². The van der Waals surface area contributed by atoms with Crippen molar-refractivity contribution in [1.29, 1.82) is 0 Å². The Morgan fingerprint density at radius 2 is 1.85 bits per heavy atom. The van der Waals surface area contributed by atoms with Gasteiger partial charge in [0.1, 0.15) is 0 Å². The summed E-state index contributed by atoms with van der Waals surface area (Å²) in [4.78, 5) is 23.7. The molecule has 0 aliphatic heterocycles. The minimum atomic E-state index is -0.574. The Morgan fingerprint density at radius 3 is 2.30 bits per heavy atom. The molecule has 5 N–H and O–H groups in total. The number of hydrogen-bond acceptors (Lipinski definition) is 3. The number of benzene rings is 1. The minimum absolute atomic E-state index is 0.116. The molecule has 5 nitrogen and oxygen atoms in total.